The van der Waals surface area contributed by atoms with Gasteiger partial charge in [0.2, 0.25) is 5.91 Å². The molecule has 108 valence electrons. The lowest BCUT2D eigenvalue weighted by Crippen LogP contribution is -2.30. The Labute approximate surface area is 130 Å². The first-order valence-corrected chi connectivity index (χ1v) is 8.24. The Morgan fingerprint density at radius 1 is 1.38 bits per heavy atom. The van der Waals surface area contributed by atoms with Gasteiger partial charge in [-0.25, -0.2) is 4.98 Å². The summed E-state index contributed by atoms with van der Waals surface area (Å²) >= 11 is 3.09. The Kier molecular flexibility index (Phi) is 4.26. The number of carbonyl (C=O) groups is 1. The zero-order chi connectivity index (χ0) is 14.7. The highest BCUT2D eigenvalue weighted by molar-refractivity contribution is 8.02. The summed E-state index contributed by atoms with van der Waals surface area (Å²) in [5, 5.41) is 2.67. The van der Waals surface area contributed by atoms with Gasteiger partial charge in [0.15, 0.2) is 4.34 Å². The van der Waals surface area contributed by atoms with E-state index in [0.717, 1.165) is 20.3 Å². The van der Waals surface area contributed by atoms with Crippen LogP contribution in [0.25, 0.3) is 10.2 Å². The number of fused-ring (bicyclic) bond motifs is 1. The van der Waals surface area contributed by atoms with Gasteiger partial charge in [-0.2, -0.15) is 0 Å². The van der Waals surface area contributed by atoms with E-state index >= 15 is 0 Å². The van der Waals surface area contributed by atoms with Crippen molar-refractivity contribution in [3.63, 3.8) is 0 Å². The summed E-state index contributed by atoms with van der Waals surface area (Å²) in [6, 6.07) is 11.6. The van der Waals surface area contributed by atoms with Crippen molar-refractivity contribution in [2.45, 2.75) is 23.1 Å². The molecule has 0 saturated heterocycles. The molecule has 1 aromatic carbocycles. The van der Waals surface area contributed by atoms with Gasteiger partial charge in [0.25, 0.3) is 0 Å². The molecule has 0 aliphatic carbocycles. The molecule has 2 heterocycles. The molecule has 3 aromatic rings. The van der Waals surface area contributed by atoms with Crippen LogP contribution in [0.2, 0.25) is 0 Å². The predicted molar refractivity (Wildman–Crippen MR) is 85.5 cm³/mol. The summed E-state index contributed by atoms with van der Waals surface area (Å²) in [6.45, 7) is 2.30. The molecule has 0 radical (unpaired) electrons. The van der Waals surface area contributed by atoms with Gasteiger partial charge in [-0.15, -0.1) is 11.3 Å². The zero-order valence-corrected chi connectivity index (χ0v) is 13.0. The lowest BCUT2D eigenvalue weighted by atomic mass is 10.3. The quantitative estimate of drug-likeness (QED) is 0.729. The van der Waals surface area contributed by atoms with Gasteiger partial charge in [0.1, 0.15) is 5.76 Å². The largest absolute Gasteiger partial charge is 0.467 e. The minimum absolute atomic E-state index is 0.0179. The van der Waals surface area contributed by atoms with Crippen molar-refractivity contribution in [1.29, 1.82) is 0 Å². The summed E-state index contributed by atoms with van der Waals surface area (Å²) in [7, 11) is 0. The Hall–Kier alpha value is -1.79. The third-order valence-corrected chi connectivity index (χ3v) is 5.17. The van der Waals surface area contributed by atoms with Crippen LogP contribution in [0.3, 0.4) is 0 Å². The second-order valence-electron chi connectivity index (χ2n) is 4.50. The number of rotatable bonds is 5. The maximum atomic E-state index is 12.1. The third kappa shape index (κ3) is 3.46. The fourth-order valence-corrected chi connectivity index (χ4v) is 4.07. The van der Waals surface area contributed by atoms with E-state index in [0.29, 0.717) is 6.54 Å². The molecule has 0 bridgehead atoms. The topological polar surface area (TPSA) is 55.1 Å². The average molecular weight is 318 g/mol. The smallest absolute Gasteiger partial charge is 0.233 e. The molecule has 1 amide bonds. The van der Waals surface area contributed by atoms with Crippen LogP contribution in [0.5, 0.6) is 0 Å². The van der Waals surface area contributed by atoms with Gasteiger partial charge in [-0.3, -0.25) is 4.79 Å². The van der Waals surface area contributed by atoms with Gasteiger partial charge in [-0.05, 0) is 31.2 Å². The van der Waals surface area contributed by atoms with Gasteiger partial charge in [-0.1, -0.05) is 23.9 Å². The number of benzene rings is 1. The first-order chi connectivity index (χ1) is 10.2. The lowest BCUT2D eigenvalue weighted by Gasteiger charge is -2.09. The molecule has 4 nitrogen and oxygen atoms in total. The van der Waals surface area contributed by atoms with E-state index in [9.17, 15) is 4.79 Å². The van der Waals surface area contributed by atoms with E-state index in [-0.39, 0.29) is 11.2 Å². The number of hydrogen-bond donors (Lipinski definition) is 1. The molecule has 0 aliphatic heterocycles. The molecular weight excluding hydrogens is 304 g/mol. The highest BCUT2D eigenvalue weighted by atomic mass is 32.2. The second-order valence-corrected chi connectivity index (χ2v) is 7.12. The summed E-state index contributed by atoms with van der Waals surface area (Å²) in [5.41, 5.74) is 0.980. The van der Waals surface area contributed by atoms with Crippen LogP contribution in [0, 0.1) is 0 Å². The van der Waals surface area contributed by atoms with E-state index in [1.54, 1.807) is 23.7 Å². The van der Waals surface area contributed by atoms with E-state index in [4.69, 9.17) is 4.42 Å². The predicted octanol–water partition coefficient (Wildman–Crippen LogP) is 3.69. The second kappa shape index (κ2) is 6.32. The van der Waals surface area contributed by atoms with Crippen LogP contribution in [0.1, 0.15) is 12.7 Å². The summed E-state index contributed by atoms with van der Waals surface area (Å²) in [6.07, 6.45) is 1.60. The number of thiazole rings is 1. The fraction of sp³-hybridized carbons (Fsp3) is 0.200. The van der Waals surface area contributed by atoms with Gasteiger partial charge < -0.3 is 9.73 Å². The van der Waals surface area contributed by atoms with Crippen molar-refractivity contribution in [3.8, 4) is 0 Å². The van der Waals surface area contributed by atoms with Crippen molar-refractivity contribution in [2.75, 3.05) is 0 Å². The number of para-hydroxylation sites is 1. The fourth-order valence-electron chi connectivity index (χ4n) is 1.84. The summed E-state index contributed by atoms with van der Waals surface area (Å²) in [4.78, 5) is 16.6. The number of carbonyl (C=O) groups excluding carboxylic acids is 1. The van der Waals surface area contributed by atoms with E-state index < -0.39 is 0 Å². The molecule has 21 heavy (non-hydrogen) atoms. The van der Waals surface area contributed by atoms with Gasteiger partial charge in [0.05, 0.1) is 28.3 Å². The molecular formula is C15H14N2O2S2. The van der Waals surface area contributed by atoms with Gasteiger partial charge in [0, 0.05) is 0 Å². The monoisotopic (exact) mass is 318 g/mol. The standard InChI is InChI=1S/C15H14N2O2S2/c1-10(14(18)16-9-11-5-4-8-19-11)20-15-17-12-6-2-3-7-13(12)21-15/h2-8,10H,9H2,1H3,(H,16,18)/t10-/m1/s1. The first-order valence-electron chi connectivity index (χ1n) is 6.55. The Balaban J connectivity index is 1.59. The lowest BCUT2D eigenvalue weighted by molar-refractivity contribution is -0.120. The Morgan fingerprint density at radius 2 is 2.24 bits per heavy atom. The maximum absolute atomic E-state index is 12.1. The van der Waals surface area contributed by atoms with E-state index in [2.05, 4.69) is 10.3 Å². The number of nitrogens with zero attached hydrogens (tertiary/aromatic N) is 1. The Bertz CT molecular complexity index is 704. The zero-order valence-electron chi connectivity index (χ0n) is 11.4. The van der Waals surface area contributed by atoms with Crippen molar-refractivity contribution in [1.82, 2.24) is 10.3 Å². The minimum atomic E-state index is -0.194. The van der Waals surface area contributed by atoms with E-state index in [1.165, 1.54) is 11.8 Å². The van der Waals surface area contributed by atoms with Crippen molar-refractivity contribution in [3.05, 3.63) is 48.4 Å². The first kappa shape index (κ1) is 14.2. The summed E-state index contributed by atoms with van der Waals surface area (Å²) in [5.74, 6) is 0.733. The number of amides is 1. The Morgan fingerprint density at radius 3 is 3.00 bits per heavy atom. The molecule has 1 atom stereocenters. The van der Waals surface area contributed by atoms with Gasteiger partial charge >= 0.3 is 0 Å². The van der Waals surface area contributed by atoms with Crippen LogP contribution < -0.4 is 5.32 Å². The number of aromatic nitrogens is 1. The van der Waals surface area contributed by atoms with Crippen LogP contribution in [-0.4, -0.2) is 16.1 Å². The van der Waals surface area contributed by atoms with E-state index in [1.807, 2.05) is 37.3 Å². The summed E-state index contributed by atoms with van der Waals surface area (Å²) < 4.78 is 7.25. The minimum Gasteiger partial charge on any atom is -0.467 e. The molecule has 0 saturated carbocycles. The highest BCUT2D eigenvalue weighted by Gasteiger charge is 2.16. The third-order valence-electron chi connectivity index (χ3n) is 2.94. The van der Waals surface area contributed by atoms with Crippen molar-refractivity contribution < 1.29 is 9.21 Å². The molecule has 0 aliphatic rings. The molecule has 6 heteroatoms. The molecule has 0 unspecified atom stereocenters. The number of thioether (sulfide) groups is 1. The van der Waals surface area contributed by atoms with Crippen molar-refractivity contribution >= 4 is 39.2 Å². The van der Waals surface area contributed by atoms with Crippen LogP contribution in [0.4, 0.5) is 0 Å². The highest BCUT2D eigenvalue weighted by Crippen LogP contribution is 2.31. The van der Waals surface area contributed by atoms with Crippen LogP contribution in [-0.2, 0) is 11.3 Å². The average Bonchev–Trinajstić information content (AvgIpc) is 3.13. The molecule has 1 N–H and O–H groups in total. The SMILES string of the molecule is C[C@@H](Sc1nc2ccccc2s1)C(=O)NCc1ccco1. The van der Waals surface area contributed by atoms with Crippen LogP contribution >= 0.6 is 23.1 Å². The normalized spacial score (nSPS) is 12.4. The number of hydrogen-bond acceptors (Lipinski definition) is 5. The molecule has 0 spiro atoms. The van der Waals surface area contributed by atoms with Crippen LogP contribution in [0.15, 0.2) is 51.4 Å². The molecule has 0 fully saturated rings. The maximum Gasteiger partial charge on any atom is 0.233 e. The number of nitrogens with one attached hydrogen (secondary N) is 1. The molecule has 2 aromatic heterocycles. The number of furan rings is 1. The molecule has 3 rings (SSSR count). The van der Waals surface area contributed by atoms with Crippen molar-refractivity contribution in [2.24, 2.45) is 0 Å².